The lowest BCUT2D eigenvalue weighted by atomic mass is 9.83. The molecule has 0 spiro atoms. The summed E-state index contributed by atoms with van der Waals surface area (Å²) in [6.45, 7) is 0. The van der Waals surface area contributed by atoms with Gasteiger partial charge in [-0.3, -0.25) is 5.43 Å². The van der Waals surface area contributed by atoms with Crippen molar-refractivity contribution >= 4 is 0 Å². The Kier molecular flexibility index (Phi) is 2.63. The summed E-state index contributed by atoms with van der Waals surface area (Å²) in [5, 5.41) is 0. The molecule has 1 saturated carbocycles. The predicted octanol–water partition coefficient (Wildman–Crippen LogP) is 0.718. The Labute approximate surface area is 74.1 Å². The van der Waals surface area contributed by atoms with Gasteiger partial charge >= 0.3 is 0 Å². The van der Waals surface area contributed by atoms with Crippen LogP contribution in [0.5, 0.6) is 0 Å². The average molecular weight is 169 g/mol. The zero-order valence-corrected chi connectivity index (χ0v) is 7.55. The summed E-state index contributed by atoms with van der Waals surface area (Å²) >= 11 is 0. The van der Waals surface area contributed by atoms with Crippen molar-refractivity contribution in [3.63, 3.8) is 0 Å². The van der Waals surface area contributed by atoms with Gasteiger partial charge in [-0.1, -0.05) is 19.3 Å². The van der Waals surface area contributed by atoms with Crippen LogP contribution in [0.25, 0.3) is 0 Å². The summed E-state index contributed by atoms with van der Waals surface area (Å²) < 4.78 is 0. The topological polar surface area (TPSA) is 50.1 Å². The largest absolute Gasteiger partial charge is 0.315 e. The Morgan fingerprint density at radius 1 is 1.00 bits per heavy atom. The number of nitrogens with one attached hydrogen (secondary N) is 2. The van der Waals surface area contributed by atoms with Crippen LogP contribution >= 0.6 is 0 Å². The third-order valence-electron chi connectivity index (χ3n) is 3.18. The molecule has 3 heteroatoms. The lowest BCUT2D eigenvalue weighted by Crippen LogP contribution is -2.39. The molecular formula is C9H19N3. The van der Waals surface area contributed by atoms with Gasteiger partial charge in [0.05, 0.1) is 6.17 Å². The van der Waals surface area contributed by atoms with Gasteiger partial charge in [0, 0.05) is 6.04 Å². The van der Waals surface area contributed by atoms with Crippen LogP contribution < -0.4 is 16.6 Å². The second-order valence-electron chi connectivity index (χ2n) is 4.14. The molecule has 1 aliphatic heterocycles. The highest BCUT2D eigenvalue weighted by atomic mass is 15.4. The molecule has 0 radical (unpaired) electrons. The normalized spacial score (nSPS) is 38.8. The Morgan fingerprint density at radius 3 is 2.33 bits per heavy atom. The Balaban J connectivity index is 1.83. The van der Waals surface area contributed by atoms with Gasteiger partial charge < -0.3 is 5.73 Å². The molecule has 1 saturated heterocycles. The van der Waals surface area contributed by atoms with E-state index in [9.17, 15) is 0 Å². The average Bonchev–Trinajstić information content (AvgIpc) is 2.54. The molecule has 4 N–H and O–H groups in total. The van der Waals surface area contributed by atoms with Crippen LogP contribution in [0.4, 0.5) is 0 Å². The Hall–Kier alpha value is -0.120. The molecule has 0 aromatic heterocycles. The maximum Gasteiger partial charge on any atom is 0.0694 e. The number of hydrogen-bond acceptors (Lipinski definition) is 3. The molecule has 3 nitrogen and oxygen atoms in total. The standard InChI is InChI=1S/C9H19N3/c10-9-6-8(11-12-9)7-4-2-1-3-5-7/h7-9,11-12H,1-6,10H2. The van der Waals surface area contributed by atoms with Gasteiger partial charge in [-0.15, -0.1) is 0 Å². The zero-order valence-electron chi connectivity index (χ0n) is 7.55. The van der Waals surface area contributed by atoms with E-state index in [1.807, 2.05) is 0 Å². The second-order valence-corrected chi connectivity index (χ2v) is 4.14. The van der Waals surface area contributed by atoms with E-state index in [1.54, 1.807) is 0 Å². The van der Waals surface area contributed by atoms with Crippen LogP contribution in [0.15, 0.2) is 0 Å². The first-order valence-corrected chi connectivity index (χ1v) is 5.13. The van der Waals surface area contributed by atoms with E-state index in [-0.39, 0.29) is 6.17 Å². The molecule has 12 heavy (non-hydrogen) atoms. The van der Waals surface area contributed by atoms with Crippen molar-refractivity contribution in [3.05, 3.63) is 0 Å². The molecular weight excluding hydrogens is 150 g/mol. The molecule has 2 atom stereocenters. The molecule has 0 bridgehead atoms. The second kappa shape index (κ2) is 3.73. The number of nitrogens with two attached hydrogens (primary N) is 1. The summed E-state index contributed by atoms with van der Waals surface area (Å²) in [7, 11) is 0. The highest BCUT2D eigenvalue weighted by Gasteiger charge is 2.29. The quantitative estimate of drug-likeness (QED) is 0.542. The summed E-state index contributed by atoms with van der Waals surface area (Å²) in [6.07, 6.45) is 8.33. The van der Waals surface area contributed by atoms with Crippen molar-refractivity contribution in [2.24, 2.45) is 11.7 Å². The fraction of sp³-hybridized carbons (Fsp3) is 1.00. The van der Waals surface area contributed by atoms with E-state index in [2.05, 4.69) is 10.9 Å². The molecule has 0 aromatic carbocycles. The van der Waals surface area contributed by atoms with Crippen LogP contribution in [0.1, 0.15) is 38.5 Å². The van der Waals surface area contributed by atoms with Gasteiger partial charge in [0.2, 0.25) is 0 Å². The smallest absolute Gasteiger partial charge is 0.0694 e. The Bertz CT molecular complexity index is 140. The number of hydrogen-bond donors (Lipinski definition) is 3. The van der Waals surface area contributed by atoms with Crippen LogP contribution in [-0.4, -0.2) is 12.2 Å². The summed E-state index contributed by atoms with van der Waals surface area (Å²) in [5.41, 5.74) is 12.2. The lowest BCUT2D eigenvalue weighted by Gasteiger charge is -2.26. The van der Waals surface area contributed by atoms with Crippen LogP contribution in [0, 0.1) is 5.92 Å². The highest BCUT2D eigenvalue weighted by molar-refractivity contribution is 4.85. The van der Waals surface area contributed by atoms with Crippen LogP contribution in [-0.2, 0) is 0 Å². The monoisotopic (exact) mass is 169 g/mol. The minimum absolute atomic E-state index is 0.178. The fourth-order valence-electron chi connectivity index (χ4n) is 2.45. The summed E-state index contributed by atoms with van der Waals surface area (Å²) in [4.78, 5) is 0. The maximum absolute atomic E-state index is 5.76. The van der Waals surface area contributed by atoms with E-state index in [4.69, 9.17) is 5.73 Å². The molecule has 1 aliphatic carbocycles. The van der Waals surface area contributed by atoms with E-state index >= 15 is 0 Å². The molecule has 2 rings (SSSR count). The number of rotatable bonds is 1. The van der Waals surface area contributed by atoms with Crippen molar-refractivity contribution in [1.29, 1.82) is 0 Å². The van der Waals surface area contributed by atoms with Gasteiger partial charge in [-0.2, -0.15) is 0 Å². The van der Waals surface area contributed by atoms with E-state index < -0.39 is 0 Å². The molecule has 2 aliphatic rings. The predicted molar refractivity (Wildman–Crippen MR) is 49.2 cm³/mol. The molecule has 0 amide bonds. The van der Waals surface area contributed by atoms with Crippen molar-refractivity contribution in [2.45, 2.75) is 50.7 Å². The third kappa shape index (κ3) is 1.79. The van der Waals surface area contributed by atoms with Crippen LogP contribution in [0.2, 0.25) is 0 Å². The first kappa shape index (κ1) is 8.48. The summed E-state index contributed by atoms with van der Waals surface area (Å²) in [5.74, 6) is 0.875. The van der Waals surface area contributed by atoms with Crippen molar-refractivity contribution in [2.75, 3.05) is 0 Å². The number of hydrazine groups is 1. The first-order chi connectivity index (χ1) is 5.86. The van der Waals surface area contributed by atoms with Crippen molar-refractivity contribution in [3.8, 4) is 0 Å². The minimum Gasteiger partial charge on any atom is -0.315 e. The molecule has 2 unspecified atom stereocenters. The van der Waals surface area contributed by atoms with E-state index in [0.717, 1.165) is 12.3 Å². The van der Waals surface area contributed by atoms with E-state index in [0.29, 0.717) is 6.04 Å². The third-order valence-corrected chi connectivity index (χ3v) is 3.18. The molecule has 1 heterocycles. The zero-order chi connectivity index (χ0) is 8.39. The maximum atomic E-state index is 5.76. The van der Waals surface area contributed by atoms with Crippen molar-refractivity contribution in [1.82, 2.24) is 10.9 Å². The first-order valence-electron chi connectivity index (χ1n) is 5.13. The molecule has 70 valence electrons. The lowest BCUT2D eigenvalue weighted by molar-refractivity contribution is 0.281. The summed E-state index contributed by atoms with van der Waals surface area (Å²) in [6, 6.07) is 0.639. The van der Waals surface area contributed by atoms with Gasteiger partial charge in [0.1, 0.15) is 0 Å². The molecule has 0 aromatic rings. The van der Waals surface area contributed by atoms with Gasteiger partial charge in [-0.05, 0) is 25.2 Å². The van der Waals surface area contributed by atoms with Gasteiger partial charge in [0.15, 0.2) is 0 Å². The highest BCUT2D eigenvalue weighted by Crippen LogP contribution is 2.28. The van der Waals surface area contributed by atoms with Crippen molar-refractivity contribution < 1.29 is 0 Å². The molecule has 2 fully saturated rings. The fourth-order valence-corrected chi connectivity index (χ4v) is 2.45. The van der Waals surface area contributed by atoms with E-state index in [1.165, 1.54) is 32.1 Å². The SMILES string of the molecule is NC1CC(C2CCCCC2)NN1. The van der Waals surface area contributed by atoms with Gasteiger partial charge in [-0.25, -0.2) is 5.43 Å². The minimum atomic E-state index is 0.178. The van der Waals surface area contributed by atoms with Gasteiger partial charge in [0.25, 0.3) is 0 Å². The van der Waals surface area contributed by atoms with Crippen LogP contribution in [0.3, 0.4) is 0 Å². The Morgan fingerprint density at radius 2 is 1.75 bits per heavy atom.